The number of hydrogen-bond acceptors (Lipinski definition) is 5. The van der Waals surface area contributed by atoms with Gasteiger partial charge >= 0.3 is 0 Å². The van der Waals surface area contributed by atoms with Crippen LogP contribution in [-0.2, 0) is 6.42 Å². The second kappa shape index (κ2) is 6.76. The van der Waals surface area contributed by atoms with Gasteiger partial charge in [-0.1, -0.05) is 0 Å². The van der Waals surface area contributed by atoms with E-state index in [-0.39, 0.29) is 12.2 Å². The van der Waals surface area contributed by atoms with Crippen LogP contribution in [0, 0.1) is 0 Å². The third-order valence-corrected chi connectivity index (χ3v) is 3.17. The van der Waals surface area contributed by atoms with E-state index in [9.17, 15) is 4.79 Å². The topological polar surface area (TPSA) is 67.8 Å². The summed E-state index contributed by atoms with van der Waals surface area (Å²) in [5, 5.41) is 8.94. The summed E-state index contributed by atoms with van der Waals surface area (Å²) in [5.41, 5.74) is 3.87. The molecule has 0 aromatic heterocycles. The summed E-state index contributed by atoms with van der Waals surface area (Å²) in [6.45, 7) is 0. The molecule has 0 amide bonds. The Morgan fingerprint density at radius 2 is 1.81 bits per heavy atom. The van der Waals surface area contributed by atoms with E-state index >= 15 is 0 Å². The van der Waals surface area contributed by atoms with E-state index < -0.39 is 0 Å². The van der Waals surface area contributed by atoms with Gasteiger partial charge in [0.15, 0.2) is 5.78 Å². The molecule has 0 saturated heterocycles. The van der Waals surface area contributed by atoms with Crippen LogP contribution >= 0.6 is 0 Å². The predicted octanol–water partition coefficient (Wildman–Crippen LogP) is 2.93. The second-order valence-electron chi connectivity index (χ2n) is 4.47. The van der Waals surface area contributed by atoms with Crippen LogP contribution in [-0.4, -0.2) is 25.2 Å². The second-order valence-corrected chi connectivity index (χ2v) is 4.47. The molecule has 0 atom stereocenters. The minimum absolute atomic E-state index is 0.0361. The summed E-state index contributed by atoms with van der Waals surface area (Å²) in [5.74, 6) is 1.28. The van der Waals surface area contributed by atoms with E-state index in [2.05, 4.69) is 5.48 Å². The number of methoxy groups -OCH3 is 2. The number of carbonyl (C=O) groups excluding carboxylic acids is 1. The quantitative estimate of drug-likeness (QED) is 0.631. The SMILES string of the molecule is COc1ccc(C(=O)Cc2cc(NO)ccc2OC)cc1. The van der Waals surface area contributed by atoms with Gasteiger partial charge in [-0.05, 0) is 42.5 Å². The molecular weight excluding hydrogens is 270 g/mol. The lowest BCUT2D eigenvalue weighted by atomic mass is 10.0. The molecule has 2 rings (SSSR count). The standard InChI is InChI=1S/C16H17NO4/c1-20-14-6-3-11(4-7-14)15(18)10-12-9-13(17-19)5-8-16(12)21-2/h3-9,17,19H,10H2,1-2H3. The van der Waals surface area contributed by atoms with Crippen LogP contribution in [0.15, 0.2) is 42.5 Å². The molecule has 5 nitrogen and oxygen atoms in total. The van der Waals surface area contributed by atoms with Crippen molar-refractivity contribution in [2.24, 2.45) is 0 Å². The lowest BCUT2D eigenvalue weighted by Gasteiger charge is -2.10. The molecule has 0 radical (unpaired) electrons. The molecule has 0 heterocycles. The van der Waals surface area contributed by atoms with E-state index in [1.165, 1.54) is 0 Å². The number of anilines is 1. The molecule has 0 bridgehead atoms. The van der Waals surface area contributed by atoms with E-state index in [0.717, 1.165) is 0 Å². The highest BCUT2D eigenvalue weighted by Crippen LogP contribution is 2.24. The van der Waals surface area contributed by atoms with Crippen LogP contribution in [0.4, 0.5) is 5.69 Å². The van der Waals surface area contributed by atoms with Gasteiger partial charge in [-0.25, -0.2) is 0 Å². The molecule has 110 valence electrons. The van der Waals surface area contributed by atoms with Gasteiger partial charge < -0.3 is 9.47 Å². The third-order valence-electron chi connectivity index (χ3n) is 3.17. The predicted molar refractivity (Wildman–Crippen MR) is 79.4 cm³/mol. The molecule has 0 saturated carbocycles. The van der Waals surface area contributed by atoms with Crippen LogP contribution in [0.3, 0.4) is 0 Å². The van der Waals surface area contributed by atoms with Gasteiger partial charge in [-0.2, -0.15) is 0 Å². The lowest BCUT2D eigenvalue weighted by molar-refractivity contribution is 0.0992. The van der Waals surface area contributed by atoms with Crippen molar-refractivity contribution in [1.29, 1.82) is 0 Å². The maximum Gasteiger partial charge on any atom is 0.167 e. The Balaban J connectivity index is 2.21. The largest absolute Gasteiger partial charge is 0.497 e. The summed E-state index contributed by atoms with van der Waals surface area (Å²) >= 11 is 0. The van der Waals surface area contributed by atoms with Crippen molar-refractivity contribution in [3.05, 3.63) is 53.6 Å². The van der Waals surface area contributed by atoms with Gasteiger partial charge in [-0.3, -0.25) is 15.5 Å². The van der Waals surface area contributed by atoms with Crippen molar-refractivity contribution in [3.8, 4) is 11.5 Å². The van der Waals surface area contributed by atoms with Gasteiger partial charge in [0, 0.05) is 17.5 Å². The Labute approximate surface area is 123 Å². The summed E-state index contributed by atoms with van der Waals surface area (Å²) in [7, 11) is 3.12. The Morgan fingerprint density at radius 3 is 2.38 bits per heavy atom. The van der Waals surface area contributed by atoms with E-state index in [4.69, 9.17) is 14.7 Å². The van der Waals surface area contributed by atoms with Crippen molar-refractivity contribution in [1.82, 2.24) is 0 Å². The fraction of sp³-hybridized carbons (Fsp3) is 0.188. The molecule has 0 aliphatic carbocycles. The molecular formula is C16H17NO4. The van der Waals surface area contributed by atoms with Gasteiger partial charge in [0.25, 0.3) is 0 Å². The zero-order valence-corrected chi connectivity index (χ0v) is 11.9. The van der Waals surface area contributed by atoms with Crippen molar-refractivity contribution in [3.63, 3.8) is 0 Å². The summed E-state index contributed by atoms with van der Waals surface area (Å²) in [6.07, 6.45) is 0.186. The molecule has 0 aliphatic rings. The highest BCUT2D eigenvalue weighted by atomic mass is 16.5. The number of nitrogens with one attached hydrogen (secondary N) is 1. The number of ketones is 1. The Bertz CT molecular complexity index is 623. The summed E-state index contributed by atoms with van der Waals surface area (Å²) in [6, 6.07) is 12.0. The molecule has 2 N–H and O–H groups in total. The van der Waals surface area contributed by atoms with Crippen LogP contribution in [0.5, 0.6) is 11.5 Å². The number of ether oxygens (including phenoxy) is 2. The number of Topliss-reactive ketones (excluding diaryl/α,β-unsaturated/α-hetero) is 1. The summed E-state index contributed by atoms with van der Waals surface area (Å²) in [4.78, 5) is 12.3. The average molecular weight is 287 g/mol. The first kappa shape index (κ1) is 14.9. The Kier molecular flexibility index (Phi) is 4.79. The minimum Gasteiger partial charge on any atom is -0.497 e. The molecule has 21 heavy (non-hydrogen) atoms. The smallest absolute Gasteiger partial charge is 0.167 e. The number of carbonyl (C=O) groups is 1. The molecule has 0 aliphatic heterocycles. The fourth-order valence-electron chi connectivity index (χ4n) is 2.04. The molecule has 2 aromatic carbocycles. The zero-order valence-electron chi connectivity index (χ0n) is 11.9. The van der Waals surface area contributed by atoms with Crippen molar-refractivity contribution in [2.75, 3.05) is 19.7 Å². The third kappa shape index (κ3) is 3.52. The first-order valence-electron chi connectivity index (χ1n) is 6.42. The first-order chi connectivity index (χ1) is 10.2. The van der Waals surface area contributed by atoms with Crippen molar-refractivity contribution >= 4 is 11.5 Å². The van der Waals surface area contributed by atoms with Gasteiger partial charge in [0.2, 0.25) is 0 Å². The Hall–Kier alpha value is -2.53. The normalized spacial score (nSPS) is 10.0. The average Bonchev–Trinajstić information content (AvgIpc) is 2.54. The van der Waals surface area contributed by atoms with E-state index in [1.54, 1.807) is 56.7 Å². The van der Waals surface area contributed by atoms with Gasteiger partial charge in [0.1, 0.15) is 11.5 Å². The van der Waals surface area contributed by atoms with Gasteiger partial charge in [-0.15, -0.1) is 0 Å². The van der Waals surface area contributed by atoms with Gasteiger partial charge in [0.05, 0.1) is 19.9 Å². The van der Waals surface area contributed by atoms with Crippen LogP contribution in [0.1, 0.15) is 15.9 Å². The first-order valence-corrected chi connectivity index (χ1v) is 6.42. The van der Waals surface area contributed by atoms with E-state index in [0.29, 0.717) is 28.3 Å². The molecule has 5 heteroatoms. The lowest BCUT2D eigenvalue weighted by Crippen LogP contribution is -2.05. The highest BCUT2D eigenvalue weighted by molar-refractivity contribution is 5.98. The molecule has 0 fully saturated rings. The molecule has 0 spiro atoms. The van der Waals surface area contributed by atoms with E-state index in [1.807, 2.05) is 0 Å². The maximum absolute atomic E-state index is 12.3. The number of benzene rings is 2. The summed E-state index contributed by atoms with van der Waals surface area (Å²) < 4.78 is 10.3. The van der Waals surface area contributed by atoms with Crippen molar-refractivity contribution in [2.45, 2.75) is 6.42 Å². The minimum atomic E-state index is -0.0361. The van der Waals surface area contributed by atoms with Crippen LogP contribution in [0.2, 0.25) is 0 Å². The molecule has 2 aromatic rings. The van der Waals surface area contributed by atoms with Crippen LogP contribution < -0.4 is 15.0 Å². The maximum atomic E-state index is 12.3. The monoisotopic (exact) mass is 287 g/mol. The molecule has 0 unspecified atom stereocenters. The Morgan fingerprint density at radius 1 is 1.10 bits per heavy atom. The van der Waals surface area contributed by atoms with Crippen molar-refractivity contribution < 1.29 is 19.5 Å². The number of hydrogen-bond donors (Lipinski definition) is 2. The fourth-order valence-corrected chi connectivity index (χ4v) is 2.04. The number of rotatable bonds is 6. The van der Waals surface area contributed by atoms with Crippen LogP contribution in [0.25, 0.3) is 0 Å². The highest BCUT2D eigenvalue weighted by Gasteiger charge is 2.12. The zero-order chi connectivity index (χ0) is 15.2.